The van der Waals surface area contributed by atoms with Gasteiger partial charge in [0.2, 0.25) is 0 Å². The van der Waals surface area contributed by atoms with Crippen molar-refractivity contribution in [2.75, 3.05) is 17.7 Å². The van der Waals surface area contributed by atoms with Gasteiger partial charge in [0, 0.05) is 25.4 Å². The van der Waals surface area contributed by atoms with Crippen LogP contribution in [0.3, 0.4) is 0 Å². The number of pyridine rings is 1. The molecule has 0 fully saturated rings. The van der Waals surface area contributed by atoms with Crippen LogP contribution in [-0.2, 0) is 0 Å². The molecule has 0 aliphatic rings. The lowest BCUT2D eigenvalue weighted by Gasteiger charge is -2.09. The highest BCUT2D eigenvalue weighted by atomic mass is 19.2. The van der Waals surface area contributed by atoms with Crippen LogP contribution in [-0.4, -0.2) is 17.9 Å². The zero-order valence-electron chi connectivity index (χ0n) is 10.4. The van der Waals surface area contributed by atoms with Crippen LogP contribution < -0.4 is 10.6 Å². The van der Waals surface area contributed by atoms with Crippen molar-refractivity contribution in [3.05, 3.63) is 53.5 Å². The number of carbonyl (C=O) groups excluding carboxylic acids is 1. The zero-order valence-corrected chi connectivity index (χ0v) is 10.4. The molecule has 1 heterocycles. The quantitative estimate of drug-likeness (QED) is 0.851. The van der Waals surface area contributed by atoms with E-state index >= 15 is 0 Å². The maximum absolute atomic E-state index is 13.4. The van der Waals surface area contributed by atoms with Gasteiger partial charge in [-0.15, -0.1) is 0 Å². The molecule has 1 aromatic carbocycles. The Balaban J connectivity index is 2.30. The minimum absolute atomic E-state index is 0.152. The van der Waals surface area contributed by atoms with Crippen molar-refractivity contribution in [3.63, 3.8) is 0 Å². The molecule has 7 heteroatoms. The van der Waals surface area contributed by atoms with Crippen molar-refractivity contribution >= 4 is 17.4 Å². The van der Waals surface area contributed by atoms with Gasteiger partial charge in [-0.05, 0) is 12.1 Å². The first kappa shape index (κ1) is 13.9. The molecule has 0 aliphatic heterocycles. The Morgan fingerprint density at radius 2 is 1.85 bits per heavy atom. The normalized spacial score (nSPS) is 10.2. The molecular weight excluding hydrogens is 271 g/mol. The van der Waals surface area contributed by atoms with Crippen molar-refractivity contribution in [1.82, 2.24) is 4.98 Å². The molecule has 0 saturated carbocycles. The molecule has 0 unspecified atom stereocenters. The predicted molar refractivity (Wildman–Crippen MR) is 68.1 cm³/mol. The van der Waals surface area contributed by atoms with Crippen LogP contribution in [0.15, 0.2) is 30.5 Å². The van der Waals surface area contributed by atoms with Gasteiger partial charge >= 0.3 is 0 Å². The highest BCUT2D eigenvalue weighted by Gasteiger charge is 2.15. The van der Waals surface area contributed by atoms with E-state index in [1.807, 2.05) is 0 Å². The van der Waals surface area contributed by atoms with Crippen molar-refractivity contribution in [2.45, 2.75) is 0 Å². The number of aromatic nitrogens is 1. The summed E-state index contributed by atoms with van der Waals surface area (Å²) in [5, 5.41) is 4.87. The van der Waals surface area contributed by atoms with Gasteiger partial charge in [-0.25, -0.2) is 18.2 Å². The Kier molecular flexibility index (Phi) is 3.88. The Morgan fingerprint density at radius 1 is 1.15 bits per heavy atom. The Hall–Kier alpha value is -2.57. The average Bonchev–Trinajstić information content (AvgIpc) is 2.44. The molecule has 0 aliphatic carbocycles. The number of benzene rings is 1. The van der Waals surface area contributed by atoms with Gasteiger partial charge in [0.05, 0.1) is 11.3 Å². The summed E-state index contributed by atoms with van der Waals surface area (Å²) in [7, 11) is 1.57. The van der Waals surface area contributed by atoms with Gasteiger partial charge in [-0.3, -0.25) is 4.79 Å². The number of anilines is 2. The molecule has 0 radical (unpaired) electrons. The lowest BCUT2D eigenvalue weighted by atomic mass is 10.2. The van der Waals surface area contributed by atoms with E-state index in [9.17, 15) is 18.0 Å². The lowest BCUT2D eigenvalue weighted by molar-refractivity contribution is 0.102. The number of nitrogens with one attached hydrogen (secondary N) is 2. The van der Waals surface area contributed by atoms with Gasteiger partial charge in [-0.1, -0.05) is 0 Å². The lowest BCUT2D eigenvalue weighted by Crippen LogP contribution is -2.16. The van der Waals surface area contributed by atoms with Crippen molar-refractivity contribution in [3.8, 4) is 0 Å². The standard InChI is InChI=1S/C13H10F3N3O/c1-17-12-7(3-2-4-18-12)13(20)19-11-6-9(15)8(14)5-10(11)16/h2-6H,1H3,(H,17,18)(H,19,20). The van der Waals surface area contributed by atoms with E-state index in [1.165, 1.54) is 18.3 Å². The molecule has 0 saturated heterocycles. The third-order valence-electron chi connectivity index (χ3n) is 2.55. The first-order valence-corrected chi connectivity index (χ1v) is 5.61. The summed E-state index contributed by atoms with van der Waals surface area (Å²) in [5.41, 5.74) is -0.293. The molecule has 4 nitrogen and oxygen atoms in total. The second kappa shape index (κ2) is 5.60. The van der Waals surface area contributed by atoms with Crippen LogP contribution in [0.1, 0.15) is 10.4 Å². The monoisotopic (exact) mass is 281 g/mol. The molecule has 104 valence electrons. The van der Waals surface area contributed by atoms with Crippen LogP contribution in [0.2, 0.25) is 0 Å². The first-order chi connectivity index (χ1) is 9.52. The van der Waals surface area contributed by atoms with Gasteiger partial charge in [0.25, 0.3) is 5.91 Å². The number of hydrogen-bond donors (Lipinski definition) is 2. The van der Waals surface area contributed by atoms with Crippen molar-refractivity contribution in [2.24, 2.45) is 0 Å². The van der Waals surface area contributed by atoms with E-state index in [4.69, 9.17) is 0 Å². The smallest absolute Gasteiger partial charge is 0.259 e. The fourth-order valence-electron chi connectivity index (χ4n) is 1.60. The molecule has 20 heavy (non-hydrogen) atoms. The van der Waals surface area contributed by atoms with Crippen molar-refractivity contribution < 1.29 is 18.0 Å². The fraction of sp³-hybridized carbons (Fsp3) is 0.0769. The summed E-state index contributed by atoms with van der Waals surface area (Å²) in [6.07, 6.45) is 1.47. The van der Waals surface area contributed by atoms with Crippen LogP contribution in [0.5, 0.6) is 0 Å². The van der Waals surface area contributed by atoms with E-state index in [2.05, 4.69) is 15.6 Å². The Labute approximate surface area is 112 Å². The van der Waals surface area contributed by atoms with E-state index in [0.29, 0.717) is 12.1 Å². The van der Waals surface area contributed by atoms with Crippen molar-refractivity contribution in [1.29, 1.82) is 0 Å². The maximum atomic E-state index is 13.4. The molecule has 0 bridgehead atoms. The van der Waals surface area contributed by atoms with E-state index in [1.54, 1.807) is 7.05 Å². The summed E-state index contributed by atoms with van der Waals surface area (Å²) in [6.45, 7) is 0. The second-order valence-corrected chi connectivity index (χ2v) is 3.85. The first-order valence-electron chi connectivity index (χ1n) is 5.61. The van der Waals surface area contributed by atoms with Gasteiger partial charge in [0.15, 0.2) is 11.6 Å². The Bertz CT molecular complexity index is 661. The van der Waals surface area contributed by atoms with Crippen LogP contribution in [0.25, 0.3) is 0 Å². The molecule has 2 N–H and O–H groups in total. The van der Waals surface area contributed by atoms with Crippen LogP contribution >= 0.6 is 0 Å². The van der Waals surface area contributed by atoms with Gasteiger partial charge in [-0.2, -0.15) is 0 Å². The minimum atomic E-state index is -1.32. The van der Waals surface area contributed by atoms with E-state index < -0.39 is 29.0 Å². The summed E-state index contributed by atoms with van der Waals surface area (Å²) in [4.78, 5) is 15.9. The Morgan fingerprint density at radius 3 is 2.55 bits per heavy atom. The average molecular weight is 281 g/mol. The molecule has 1 amide bonds. The fourth-order valence-corrected chi connectivity index (χ4v) is 1.60. The van der Waals surface area contributed by atoms with Gasteiger partial charge in [0.1, 0.15) is 11.6 Å². The number of halogens is 3. The number of carbonyl (C=O) groups is 1. The second-order valence-electron chi connectivity index (χ2n) is 3.85. The minimum Gasteiger partial charge on any atom is -0.372 e. The third kappa shape index (κ3) is 2.71. The summed E-state index contributed by atoms with van der Waals surface area (Å²) in [6, 6.07) is 3.94. The number of rotatable bonds is 3. The number of nitrogens with zero attached hydrogens (tertiary/aromatic N) is 1. The molecule has 1 aromatic heterocycles. The van der Waals surface area contributed by atoms with E-state index in [-0.39, 0.29) is 11.4 Å². The maximum Gasteiger partial charge on any atom is 0.259 e. The molecule has 0 atom stereocenters. The number of amides is 1. The third-order valence-corrected chi connectivity index (χ3v) is 2.55. The molecule has 2 rings (SSSR count). The largest absolute Gasteiger partial charge is 0.372 e. The zero-order chi connectivity index (χ0) is 14.7. The SMILES string of the molecule is CNc1ncccc1C(=O)Nc1cc(F)c(F)cc1F. The summed E-state index contributed by atoms with van der Waals surface area (Å²) < 4.78 is 39.3. The predicted octanol–water partition coefficient (Wildman–Crippen LogP) is 2.79. The summed E-state index contributed by atoms with van der Waals surface area (Å²) in [5.74, 6) is -4.04. The topological polar surface area (TPSA) is 54.0 Å². The highest BCUT2D eigenvalue weighted by molar-refractivity contribution is 6.07. The highest BCUT2D eigenvalue weighted by Crippen LogP contribution is 2.20. The molecule has 0 spiro atoms. The van der Waals surface area contributed by atoms with E-state index in [0.717, 1.165) is 0 Å². The molecule has 2 aromatic rings. The van der Waals surface area contributed by atoms with Crippen LogP contribution in [0, 0.1) is 17.5 Å². The van der Waals surface area contributed by atoms with Crippen LogP contribution in [0.4, 0.5) is 24.7 Å². The van der Waals surface area contributed by atoms with Gasteiger partial charge < -0.3 is 10.6 Å². The summed E-state index contributed by atoms with van der Waals surface area (Å²) >= 11 is 0. The number of hydrogen-bond acceptors (Lipinski definition) is 3. The molecular formula is C13H10F3N3O.